The number of hydrogen-bond acceptors (Lipinski definition) is 3. The van der Waals surface area contributed by atoms with Gasteiger partial charge in [0.1, 0.15) is 17.4 Å². The summed E-state index contributed by atoms with van der Waals surface area (Å²) < 4.78 is 35.2. The molecule has 0 fully saturated rings. The zero-order valence-electron chi connectivity index (χ0n) is 7.42. The van der Waals surface area contributed by atoms with Crippen LogP contribution in [0.1, 0.15) is 10.4 Å². The van der Waals surface area contributed by atoms with Crippen LogP contribution in [-0.2, 0) is 4.74 Å². The van der Waals surface area contributed by atoms with Crippen LogP contribution in [0.5, 0.6) is 5.75 Å². The summed E-state index contributed by atoms with van der Waals surface area (Å²) in [5.41, 5.74) is -0.602. The van der Waals surface area contributed by atoms with Crippen molar-refractivity contribution in [2.45, 2.75) is 0 Å². The molecule has 0 unspecified atom stereocenters. The van der Waals surface area contributed by atoms with Crippen LogP contribution in [0.25, 0.3) is 0 Å². The number of ether oxygens (including phenoxy) is 2. The van der Waals surface area contributed by atoms with E-state index >= 15 is 0 Å². The summed E-state index contributed by atoms with van der Waals surface area (Å²) in [4.78, 5) is 10.2. The lowest BCUT2D eigenvalue weighted by molar-refractivity contribution is 0.0507. The van der Waals surface area contributed by atoms with Crippen molar-refractivity contribution in [3.63, 3.8) is 0 Å². The minimum Gasteiger partial charge on any atom is -0.467 e. The van der Waals surface area contributed by atoms with E-state index in [-0.39, 0.29) is 18.8 Å². The maximum atomic E-state index is 12.9. The fourth-order valence-corrected chi connectivity index (χ4v) is 0.884. The van der Waals surface area contributed by atoms with Crippen LogP contribution in [0, 0.1) is 11.6 Å². The second-order valence-electron chi connectivity index (χ2n) is 2.47. The molecule has 0 atom stereocenters. The monoisotopic (exact) mass is 202 g/mol. The highest BCUT2D eigenvalue weighted by atomic mass is 19.1. The molecule has 0 aliphatic carbocycles. The van der Waals surface area contributed by atoms with E-state index in [9.17, 15) is 13.6 Å². The van der Waals surface area contributed by atoms with E-state index in [1.807, 2.05) is 0 Å². The molecule has 0 saturated carbocycles. The van der Waals surface area contributed by atoms with Crippen LogP contribution in [-0.4, -0.2) is 20.2 Å². The van der Waals surface area contributed by atoms with Gasteiger partial charge in [0.05, 0.1) is 5.56 Å². The molecule has 76 valence electrons. The predicted molar refractivity (Wildman–Crippen MR) is 44.2 cm³/mol. The number of rotatable bonds is 4. The van der Waals surface area contributed by atoms with Crippen LogP contribution in [0.2, 0.25) is 0 Å². The first-order valence-electron chi connectivity index (χ1n) is 3.75. The molecule has 1 rings (SSSR count). The maximum Gasteiger partial charge on any atom is 0.188 e. The van der Waals surface area contributed by atoms with Crippen LogP contribution in [0.3, 0.4) is 0 Å². The molecule has 0 N–H and O–H groups in total. The number of benzene rings is 1. The number of halogens is 2. The molecule has 0 spiro atoms. The van der Waals surface area contributed by atoms with E-state index in [1.54, 1.807) is 0 Å². The summed E-state index contributed by atoms with van der Waals surface area (Å²) in [6.07, 6.45) is 0.116. The molecule has 0 aliphatic rings. The summed E-state index contributed by atoms with van der Waals surface area (Å²) in [6.45, 7) is -0.112. The average molecular weight is 202 g/mol. The SMILES string of the molecule is COCOc1cc(F)c(C=O)c(F)c1. The molecule has 5 heteroatoms. The van der Waals surface area contributed by atoms with Crippen molar-refractivity contribution in [2.24, 2.45) is 0 Å². The van der Waals surface area contributed by atoms with E-state index in [0.717, 1.165) is 12.1 Å². The molecule has 0 radical (unpaired) electrons. The number of carbonyl (C=O) groups excluding carboxylic acids is 1. The van der Waals surface area contributed by atoms with E-state index in [2.05, 4.69) is 4.74 Å². The highest BCUT2D eigenvalue weighted by Crippen LogP contribution is 2.19. The van der Waals surface area contributed by atoms with E-state index in [1.165, 1.54) is 7.11 Å². The Bertz CT molecular complexity index is 316. The summed E-state index contributed by atoms with van der Waals surface area (Å²) in [5.74, 6) is -1.93. The Labute approximate surface area is 79.2 Å². The second-order valence-corrected chi connectivity index (χ2v) is 2.47. The standard InChI is InChI=1S/C9H8F2O3/c1-13-5-14-6-2-8(10)7(4-12)9(11)3-6/h2-4H,5H2,1H3. The number of aldehydes is 1. The molecular weight excluding hydrogens is 194 g/mol. The third kappa shape index (κ3) is 2.26. The van der Waals surface area contributed by atoms with Gasteiger partial charge in [0.25, 0.3) is 0 Å². The lowest BCUT2D eigenvalue weighted by Gasteiger charge is -2.05. The summed E-state index contributed by atoms with van der Waals surface area (Å²) in [6, 6.07) is 1.84. The zero-order valence-corrected chi connectivity index (χ0v) is 7.42. The van der Waals surface area contributed by atoms with E-state index < -0.39 is 17.2 Å². The molecule has 3 nitrogen and oxygen atoms in total. The third-order valence-electron chi connectivity index (χ3n) is 1.51. The first kappa shape index (κ1) is 10.6. The molecule has 14 heavy (non-hydrogen) atoms. The molecule has 0 saturated heterocycles. The highest BCUT2D eigenvalue weighted by molar-refractivity contribution is 5.75. The smallest absolute Gasteiger partial charge is 0.188 e. The van der Waals surface area contributed by atoms with Gasteiger partial charge in [-0.25, -0.2) is 8.78 Å². The number of hydrogen-bond donors (Lipinski definition) is 0. The van der Waals surface area contributed by atoms with Gasteiger partial charge in [-0.3, -0.25) is 4.79 Å². The normalized spacial score (nSPS) is 9.93. The van der Waals surface area contributed by atoms with Crippen molar-refractivity contribution in [1.82, 2.24) is 0 Å². The highest BCUT2D eigenvalue weighted by Gasteiger charge is 2.10. The summed E-state index contributed by atoms with van der Waals surface area (Å²) >= 11 is 0. The average Bonchev–Trinajstić information content (AvgIpc) is 2.14. The van der Waals surface area contributed by atoms with Gasteiger partial charge in [0, 0.05) is 19.2 Å². The lowest BCUT2D eigenvalue weighted by atomic mass is 10.2. The fourth-order valence-electron chi connectivity index (χ4n) is 0.884. The molecule has 1 aromatic carbocycles. The van der Waals surface area contributed by atoms with E-state index in [0.29, 0.717) is 0 Å². The van der Waals surface area contributed by atoms with Gasteiger partial charge in [-0.2, -0.15) is 0 Å². The van der Waals surface area contributed by atoms with Gasteiger partial charge in [-0.15, -0.1) is 0 Å². The molecule has 0 amide bonds. The zero-order chi connectivity index (χ0) is 10.6. The Hall–Kier alpha value is -1.49. The van der Waals surface area contributed by atoms with Crippen molar-refractivity contribution in [3.8, 4) is 5.75 Å². The Morgan fingerprint density at radius 1 is 1.36 bits per heavy atom. The summed E-state index contributed by atoms with van der Waals surface area (Å²) in [7, 11) is 1.38. The molecule has 1 aromatic rings. The van der Waals surface area contributed by atoms with Gasteiger partial charge in [-0.1, -0.05) is 0 Å². The quantitative estimate of drug-likeness (QED) is 0.551. The van der Waals surface area contributed by atoms with Crippen molar-refractivity contribution in [1.29, 1.82) is 0 Å². The van der Waals surface area contributed by atoms with Gasteiger partial charge < -0.3 is 9.47 Å². The van der Waals surface area contributed by atoms with Crippen molar-refractivity contribution in [2.75, 3.05) is 13.9 Å². The molecule has 0 aromatic heterocycles. The second kappa shape index (κ2) is 4.66. The van der Waals surface area contributed by atoms with E-state index in [4.69, 9.17) is 4.74 Å². The predicted octanol–water partition coefficient (Wildman–Crippen LogP) is 1.76. The van der Waals surface area contributed by atoms with Crippen LogP contribution in [0.15, 0.2) is 12.1 Å². The Morgan fingerprint density at radius 3 is 2.36 bits per heavy atom. The summed E-state index contributed by atoms with van der Waals surface area (Å²) in [5, 5.41) is 0. The van der Waals surface area contributed by atoms with Crippen LogP contribution < -0.4 is 4.74 Å². The van der Waals surface area contributed by atoms with Gasteiger partial charge in [-0.05, 0) is 0 Å². The lowest BCUT2D eigenvalue weighted by Crippen LogP contribution is -2.01. The minimum atomic E-state index is -0.953. The Balaban J connectivity index is 2.95. The van der Waals surface area contributed by atoms with Crippen molar-refractivity contribution >= 4 is 6.29 Å². The van der Waals surface area contributed by atoms with Gasteiger partial charge in [0.2, 0.25) is 0 Å². The first-order chi connectivity index (χ1) is 6.69. The molecule has 0 bridgehead atoms. The van der Waals surface area contributed by atoms with Gasteiger partial charge >= 0.3 is 0 Å². The number of carbonyl (C=O) groups is 1. The Kier molecular flexibility index (Phi) is 3.53. The largest absolute Gasteiger partial charge is 0.467 e. The first-order valence-corrected chi connectivity index (χ1v) is 3.75. The van der Waals surface area contributed by atoms with Crippen LogP contribution in [0.4, 0.5) is 8.78 Å². The fraction of sp³-hybridized carbons (Fsp3) is 0.222. The third-order valence-corrected chi connectivity index (χ3v) is 1.51. The topological polar surface area (TPSA) is 35.5 Å². The van der Waals surface area contributed by atoms with Crippen molar-refractivity contribution in [3.05, 3.63) is 29.3 Å². The molecular formula is C9H8F2O3. The minimum absolute atomic E-state index is 0.0209. The number of methoxy groups -OCH3 is 1. The molecule has 0 heterocycles. The molecule has 0 aliphatic heterocycles. The van der Waals surface area contributed by atoms with Crippen molar-refractivity contribution < 1.29 is 23.0 Å². The maximum absolute atomic E-state index is 12.9. The van der Waals surface area contributed by atoms with Gasteiger partial charge in [0.15, 0.2) is 13.1 Å². The Morgan fingerprint density at radius 2 is 1.93 bits per heavy atom. The van der Waals surface area contributed by atoms with Crippen LogP contribution >= 0.6 is 0 Å².